The second-order valence-corrected chi connectivity index (χ2v) is 8.01. The van der Waals surface area contributed by atoms with Crippen molar-refractivity contribution in [2.75, 3.05) is 7.05 Å². The number of benzene rings is 1. The minimum absolute atomic E-state index is 0.0836. The Balaban J connectivity index is 2.09. The van der Waals surface area contributed by atoms with E-state index >= 15 is 0 Å². The standard InChI is InChI=1S/C15H21N3O3S/c1-16-13-9-8-12(10-14(13)17(2)15(16)19)22(20,21)18(3)11-6-4-5-7-11/h8-11H,4-7H2,1-3H3. The maximum Gasteiger partial charge on any atom is 0.328 e. The summed E-state index contributed by atoms with van der Waals surface area (Å²) in [6.07, 6.45) is 4.00. The quantitative estimate of drug-likeness (QED) is 0.858. The van der Waals surface area contributed by atoms with Gasteiger partial charge in [-0.1, -0.05) is 12.8 Å². The zero-order valence-electron chi connectivity index (χ0n) is 13.1. The van der Waals surface area contributed by atoms with Crippen molar-refractivity contribution < 1.29 is 8.42 Å². The highest BCUT2D eigenvalue weighted by molar-refractivity contribution is 7.89. The molecule has 0 radical (unpaired) electrons. The van der Waals surface area contributed by atoms with Gasteiger partial charge in [0, 0.05) is 27.2 Å². The SMILES string of the molecule is CN(C1CCCC1)S(=O)(=O)c1ccc2c(c1)n(C)c(=O)n2C. The first-order chi connectivity index (χ1) is 10.3. The van der Waals surface area contributed by atoms with E-state index in [9.17, 15) is 13.2 Å². The summed E-state index contributed by atoms with van der Waals surface area (Å²) in [7, 11) is 1.47. The molecule has 0 atom stereocenters. The maximum atomic E-state index is 12.8. The van der Waals surface area contributed by atoms with E-state index in [0.717, 1.165) is 31.2 Å². The summed E-state index contributed by atoms with van der Waals surface area (Å²) in [5.41, 5.74) is 1.21. The van der Waals surface area contributed by atoms with E-state index in [1.165, 1.54) is 13.4 Å². The van der Waals surface area contributed by atoms with Crippen LogP contribution in [0.5, 0.6) is 0 Å². The molecule has 1 heterocycles. The van der Waals surface area contributed by atoms with Gasteiger partial charge in [-0.2, -0.15) is 4.31 Å². The molecule has 3 rings (SSSR count). The number of hydrogen-bond acceptors (Lipinski definition) is 3. The molecule has 0 N–H and O–H groups in total. The average Bonchev–Trinajstić information content (AvgIpc) is 3.11. The van der Waals surface area contributed by atoms with Crippen LogP contribution in [0.3, 0.4) is 0 Å². The number of hydrogen-bond donors (Lipinski definition) is 0. The molecule has 0 bridgehead atoms. The van der Waals surface area contributed by atoms with Crippen LogP contribution in [0.15, 0.2) is 27.9 Å². The van der Waals surface area contributed by atoms with Gasteiger partial charge in [0.2, 0.25) is 10.0 Å². The first-order valence-corrected chi connectivity index (χ1v) is 8.91. The van der Waals surface area contributed by atoms with Crippen LogP contribution in [0, 0.1) is 0 Å². The van der Waals surface area contributed by atoms with Gasteiger partial charge in [-0.25, -0.2) is 13.2 Å². The lowest BCUT2D eigenvalue weighted by Gasteiger charge is -2.23. The number of imidazole rings is 1. The summed E-state index contributed by atoms with van der Waals surface area (Å²) in [4.78, 5) is 12.2. The monoisotopic (exact) mass is 323 g/mol. The molecule has 1 aliphatic rings. The van der Waals surface area contributed by atoms with Gasteiger partial charge in [0.25, 0.3) is 0 Å². The van der Waals surface area contributed by atoms with Crippen LogP contribution < -0.4 is 5.69 Å². The van der Waals surface area contributed by atoms with Crippen molar-refractivity contribution in [2.45, 2.75) is 36.6 Å². The van der Waals surface area contributed by atoms with Crippen molar-refractivity contribution in [2.24, 2.45) is 14.1 Å². The Hall–Kier alpha value is -1.60. The lowest BCUT2D eigenvalue weighted by molar-refractivity contribution is 0.373. The molecule has 120 valence electrons. The van der Waals surface area contributed by atoms with E-state index in [4.69, 9.17) is 0 Å². The van der Waals surface area contributed by atoms with Crippen LogP contribution >= 0.6 is 0 Å². The molecule has 2 aromatic rings. The van der Waals surface area contributed by atoms with Gasteiger partial charge in [-0.05, 0) is 31.0 Å². The third kappa shape index (κ3) is 2.19. The Morgan fingerprint density at radius 3 is 2.32 bits per heavy atom. The molecule has 0 unspecified atom stereocenters. The van der Waals surface area contributed by atoms with Crippen LogP contribution in [-0.2, 0) is 24.1 Å². The van der Waals surface area contributed by atoms with E-state index in [1.54, 1.807) is 39.3 Å². The lowest BCUT2D eigenvalue weighted by Crippen LogP contribution is -2.35. The molecular weight excluding hydrogens is 302 g/mol. The first kappa shape index (κ1) is 15.3. The Bertz CT molecular complexity index is 873. The molecule has 0 aliphatic heterocycles. The topological polar surface area (TPSA) is 64.3 Å². The molecule has 6 nitrogen and oxygen atoms in total. The second kappa shape index (κ2) is 5.24. The van der Waals surface area contributed by atoms with E-state index in [2.05, 4.69) is 0 Å². The molecule has 1 fully saturated rings. The normalized spacial score (nSPS) is 16.9. The minimum Gasteiger partial charge on any atom is -0.295 e. The maximum absolute atomic E-state index is 12.8. The number of nitrogens with zero attached hydrogens (tertiary/aromatic N) is 3. The Kier molecular flexibility index (Phi) is 3.65. The van der Waals surface area contributed by atoms with Gasteiger partial charge in [0.1, 0.15) is 0 Å². The highest BCUT2D eigenvalue weighted by atomic mass is 32.2. The smallest absolute Gasteiger partial charge is 0.295 e. The average molecular weight is 323 g/mol. The summed E-state index contributed by atoms with van der Waals surface area (Å²) in [5.74, 6) is 0. The number of rotatable bonds is 3. The molecule has 0 spiro atoms. The van der Waals surface area contributed by atoms with Crippen LogP contribution in [0.2, 0.25) is 0 Å². The number of aryl methyl sites for hydroxylation is 2. The summed E-state index contributed by atoms with van der Waals surface area (Å²) < 4.78 is 30.1. The third-order valence-corrected chi connectivity index (χ3v) is 6.67. The molecule has 1 aromatic heterocycles. The highest BCUT2D eigenvalue weighted by Gasteiger charge is 2.30. The first-order valence-electron chi connectivity index (χ1n) is 7.47. The van der Waals surface area contributed by atoms with Crippen molar-refractivity contribution in [1.82, 2.24) is 13.4 Å². The van der Waals surface area contributed by atoms with Crippen molar-refractivity contribution in [3.63, 3.8) is 0 Å². The fraction of sp³-hybridized carbons (Fsp3) is 0.533. The van der Waals surface area contributed by atoms with E-state index in [0.29, 0.717) is 5.52 Å². The molecule has 22 heavy (non-hydrogen) atoms. The van der Waals surface area contributed by atoms with Crippen LogP contribution in [0.1, 0.15) is 25.7 Å². The van der Waals surface area contributed by atoms with Crippen LogP contribution in [0.4, 0.5) is 0 Å². The number of sulfonamides is 1. The predicted molar refractivity (Wildman–Crippen MR) is 85.4 cm³/mol. The summed E-state index contributed by atoms with van der Waals surface area (Å²) >= 11 is 0. The second-order valence-electron chi connectivity index (χ2n) is 6.01. The van der Waals surface area contributed by atoms with E-state index < -0.39 is 10.0 Å². The van der Waals surface area contributed by atoms with Crippen molar-refractivity contribution >= 4 is 21.1 Å². The number of aromatic nitrogens is 2. The molecule has 1 aromatic carbocycles. The predicted octanol–water partition coefficient (Wildman–Crippen LogP) is 1.44. The summed E-state index contributed by atoms with van der Waals surface area (Å²) in [5, 5.41) is 0. The fourth-order valence-electron chi connectivity index (χ4n) is 3.28. The summed E-state index contributed by atoms with van der Waals surface area (Å²) in [6, 6.07) is 4.96. The van der Waals surface area contributed by atoms with Gasteiger partial charge in [0.15, 0.2) is 0 Å². The Morgan fingerprint density at radius 2 is 1.68 bits per heavy atom. The molecule has 0 amide bonds. The lowest BCUT2D eigenvalue weighted by atomic mass is 10.3. The van der Waals surface area contributed by atoms with Crippen molar-refractivity contribution in [1.29, 1.82) is 0 Å². The van der Waals surface area contributed by atoms with Gasteiger partial charge < -0.3 is 0 Å². The Labute approximate surface area is 130 Å². The molecule has 1 saturated carbocycles. The van der Waals surface area contributed by atoms with Gasteiger partial charge in [-0.3, -0.25) is 9.13 Å². The zero-order valence-corrected chi connectivity index (χ0v) is 13.9. The van der Waals surface area contributed by atoms with Crippen LogP contribution in [-0.4, -0.2) is 34.9 Å². The molecular formula is C15H21N3O3S. The van der Waals surface area contributed by atoms with E-state index in [-0.39, 0.29) is 16.6 Å². The Morgan fingerprint density at radius 1 is 1.09 bits per heavy atom. The van der Waals surface area contributed by atoms with Gasteiger partial charge in [0.05, 0.1) is 15.9 Å². The van der Waals surface area contributed by atoms with Crippen molar-refractivity contribution in [3.8, 4) is 0 Å². The third-order valence-electron chi connectivity index (χ3n) is 4.76. The molecule has 7 heteroatoms. The zero-order chi connectivity index (χ0) is 16.1. The highest BCUT2D eigenvalue weighted by Crippen LogP contribution is 2.28. The largest absolute Gasteiger partial charge is 0.328 e. The van der Waals surface area contributed by atoms with E-state index in [1.807, 2.05) is 0 Å². The van der Waals surface area contributed by atoms with Gasteiger partial charge in [-0.15, -0.1) is 0 Å². The van der Waals surface area contributed by atoms with Crippen molar-refractivity contribution in [3.05, 3.63) is 28.7 Å². The molecule has 0 saturated heterocycles. The number of fused-ring (bicyclic) bond motifs is 1. The van der Waals surface area contributed by atoms with Gasteiger partial charge >= 0.3 is 5.69 Å². The van der Waals surface area contributed by atoms with Crippen LogP contribution in [0.25, 0.3) is 11.0 Å². The fourth-order valence-corrected chi connectivity index (χ4v) is 4.71. The minimum atomic E-state index is -3.53. The summed E-state index contributed by atoms with van der Waals surface area (Å²) in [6.45, 7) is 0. The molecule has 1 aliphatic carbocycles.